The number of halogens is 2. The second-order valence-electron chi connectivity index (χ2n) is 6.93. The molecule has 0 aromatic heterocycles. The van der Waals surface area contributed by atoms with Crippen LogP contribution in [-0.2, 0) is 4.74 Å². The number of rotatable bonds is 6. The van der Waals surface area contributed by atoms with Crippen LogP contribution in [0.15, 0.2) is 66.7 Å². The van der Waals surface area contributed by atoms with E-state index in [-0.39, 0.29) is 21.9 Å². The highest BCUT2D eigenvalue weighted by molar-refractivity contribution is 6.37. The van der Waals surface area contributed by atoms with Crippen molar-refractivity contribution in [1.29, 1.82) is 0 Å². The molecular formula is C24H19Cl2NO4. The first-order chi connectivity index (χ1) is 14.7. The molecule has 1 N–H and O–H groups in total. The molecule has 0 aliphatic carbocycles. The van der Waals surface area contributed by atoms with Crippen LogP contribution in [-0.4, -0.2) is 23.8 Å². The van der Waals surface area contributed by atoms with E-state index in [1.165, 1.54) is 31.2 Å². The lowest BCUT2D eigenvalue weighted by atomic mass is 10.1. The van der Waals surface area contributed by atoms with Crippen molar-refractivity contribution in [2.45, 2.75) is 20.0 Å². The van der Waals surface area contributed by atoms with E-state index in [2.05, 4.69) is 5.32 Å². The molecule has 0 heterocycles. The number of hydrogen-bond acceptors (Lipinski definition) is 4. The van der Waals surface area contributed by atoms with Crippen molar-refractivity contribution in [3.63, 3.8) is 0 Å². The smallest absolute Gasteiger partial charge is 0.338 e. The van der Waals surface area contributed by atoms with Gasteiger partial charge in [0.15, 0.2) is 6.10 Å². The van der Waals surface area contributed by atoms with Crippen molar-refractivity contribution in [2.75, 3.05) is 5.32 Å². The van der Waals surface area contributed by atoms with Gasteiger partial charge in [-0.2, -0.15) is 0 Å². The van der Waals surface area contributed by atoms with E-state index in [9.17, 15) is 14.4 Å². The van der Waals surface area contributed by atoms with Crippen LogP contribution in [0.1, 0.15) is 43.6 Å². The van der Waals surface area contributed by atoms with Crippen molar-refractivity contribution >= 4 is 46.5 Å². The third-order valence-corrected chi connectivity index (χ3v) is 5.09. The second kappa shape index (κ2) is 9.77. The first kappa shape index (κ1) is 22.5. The number of hydrogen-bond donors (Lipinski definition) is 1. The molecule has 1 unspecified atom stereocenters. The van der Waals surface area contributed by atoms with Crippen molar-refractivity contribution < 1.29 is 19.1 Å². The molecule has 0 saturated carbocycles. The summed E-state index contributed by atoms with van der Waals surface area (Å²) in [5.74, 6) is -1.32. The fourth-order valence-corrected chi connectivity index (χ4v) is 3.29. The summed E-state index contributed by atoms with van der Waals surface area (Å²) < 4.78 is 5.29. The molecule has 0 aliphatic heterocycles. The van der Waals surface area contributed by atoms with Crippen LogP contribution in [0.5, 0.6) is 0 Å². The summed E-state index contributed by atoms with van der Waals surface area (Å²) in [5, 5.41) is 3.36. The van der Waals surface area contributed by atoms with E-state index in [1.807, 2.05) is 19.1 Å². The van der Waals surface area contributed by atoms with Crippen molar-refractivity contribution in [2.24, 2.45) is 0 Å². The van der Waals surface area contributed by atoms with Crippen molar-refractivity contribution in [3.05, 3.63) is 99.0 Å². The summed E-state index contributed by atoms with van der Waals surface area (Å²) in [6, 6.07) is 17.8. The average Bonchev–Trinajstić information content (AvgIpc) is 2.74. The zero-order chi connectivity index (χ0) is 22.5. The number of Topliss-reactive ketones (excluding diaryl/α,β-unsaturated/α-hetero) is 1. The number of carbonyl (C=O) groups is 3. The zero-order valence-electron chi connectivity index (χ0n) is 16.8. The molecule has 5 nitrogen and oxygen atoms in total. The summed E-state index contributed by atoms with van der Waals surface area (Å²) in [5.41, 5.74) is 2.51. The third kappa shape index (κ3) is 5.72. The summed E-state index contributed by atoms with van der Waals surface area (Å²) in [6.45, 7) is 3.46. The summed E-state index contributed by atoms with van der Waals surface area (Å²) in [6.07, 6.45) is -0.929. The van der Waals surface area contributed by atoms with Gasteiger partial charge in [0.25, 0.3) is 5.91 Å². The number of carbonyl (C=O) groups excluding carboxylic acids is 3. The lowest BCUT2D eigenvalue weighted by molar-refractivity contribution is 0.0319. The van der Waals surface area contributed by atoms with Gasteiger partial charge in [-0.15, -0.1) is 0 Å². The van der Waals surface area contributed by atoms with Gasteiger partial charge in [-0.25, -0.2) is 4.79 Å². The molecule has 3 aromatic rings. The average molecular weight is 456 g/mol. The molecule has 31 heavy (non-hydrogen) atoms. The maximum atomic E-state index is 12.4. The Morgan fingerprint density at radius 3 is 2.10 bits per heavy atom. The number of aryl methyl sites for hydroxylation is 1. The number of ketones is 1. The van der Waals surface area contributed by atoms with Gasteiger partial charge < -0.3 is 10.1 Å². The number of ether oxygens (including phenoxy) is 1. The van der Waals surface area contributed by atoms with E-state index in [4.69, 9.17) is 27.9 Å². The topological polar surface area (TPSA) is 72.5 Å². The van der Waals surface area contributed by atoms with E-state index >= 15 is 0 Å². The Balaban J connectivity index is 1.62. The lowest BCUT2D eigenvalue weighted by Gasteiger charge is -2.13. The molecule has 0 bridgehead atoms. The minimum atomic E-state index is -0.929. The van der Waals surface area contributed by atoms with E-state index in [1.54, 1.807) is 30.3 Å². The van der Waals surface area contributed by atoms with Crippen LogP contribution >= 0.6 is 23.2 Å². The Labute approximate surface area is 189 Å². The van der Waals surface area contributed by atoms with Gasteiger partial charge in [-0.05, 0) is 56.3 Å². The monoisotopic (exact) mass is 455 g/mol. The minimum absolute atomic E-state index is 0.234. The molecule has 1 amide bonds. The van der Waals surface area contributed by atoms with Gasteiger partial charge in [-0.3, -0.25) is 9.59 Å². The highest BCUT2D eigenvalue weighted by Gasteiger charge is 2.20. The standard InChI is InChI=1S/C24H19Cl2NO4/c1-14-3-5-16(6-4-14)22(28)15(2)31-24(30)17-7-10-19(11-8-17)27-23(29)20-12-9-18(25)13-21(20)26/h3-13,15H,1-2H3,(H,27,29). The molecule has 0 fully saturated rings. The quantitative estimate of drug-likeness (QED) is 0.366. The molecule has 7 heteroatoms. The second-order valence-corrected chi connectivity index (χ2v) is 7.78. The SMILES string of the molecule is Cc1ccc(C(=O)C(C)OC(=O)c2ccc(NC(=O)c3ccc(Cl)cc3Cl)cc2)cc1. The number of benzene rings is 3. The predicted molar refractivity (Wildman–Crippen MR) is 121 cm³/mol. The first-order valence-corrected chi connectivity index (χ1v) is 10.2. The fourth-order valence-electron chi connectivity index (χ4n) is 2.80. The van der Waals surface area contributed by atoms with Crippen LogP contribution in [0.4, 0.5) is 5.69 Å². The fraction of sp³-hybridized carbons (Fsp3) is 0.125. The number of esters is 1. The Hall–Kier alpha value is -3.15. The molecule has 0 spiro atoms. The van der Waals surface area contributed by atoms with Crippen molar-refractivity contribution in [3.8, 4) is 0 Å². The maximum absolute atomic E-state index is 12.4. The highest BCUT2D eigenvalue weighted by Crippen LogP contribution is 2.22. The molecule has 158 valence electrons. The first-order valence-electron chi connectivity index (χ1n) is 9.43. The van der Waals surface area contributed by atoms with Crippen LogP contribution in [0.2, 0.25) is 10.0 Å². The molecule has 0 saturated heterocycles. The van der Waals surface area contributed by atoms with E-state index < -0.39 is 18.0 Å². The maximum Gasteiger partial charge on any atom is 0.338 e. The Kier molecular flexibility index (Phi) is 7.10. The molecule has 0 aliphatic rings. The largest absolute Gasteiger partial charge is 0.451 e. The van der Waals surface area contributed by atoms with Crippen LogP contribution in [0, 0.1) is 6.92 Å². The molecular weight excluding hydrogens is 437 g/mol. The van der Waals surface area contributed by atoms with E-state index in [0.717, 1.165) is 5.56 Å². The number of amides is 1. The lowest BCUT2D eigenvalue weighted by Crippen LogP contribution is -2.24. The van der Waals surface area contributed by atoms with Gasteiger partial charge >= 0.3 is 5.97 Å². The van der Waals surface area contributed by atoms with Crippen LogP contribution in [0.3, 0.4) is 0 Å². The van der Waals surface area contributed by atoms with E-state index in [0.29, 0.717) is 16.3 Å². The van der Waals surface area contributed by atoms with Gasteiger partial charge in [0.2, 0.25) is 5.78 Å². The van der Waals surface area contributed by atoms with Gasteiger partial charge in [0.1, 0.15) is 0 Å². The Bertz CT molecular complexity index is 1130. The van der Waals surface area contributed by atoms with Crippen molar-refractivity contribution in [1.82, 2.24) is 0 Å². The molecule has 1 atom stereocenters. The molecule has 0 radical (unpaired) electrons. The highest BCUT2D eigenvalue weighted by atomic mass is 35.5. The van der Waals surface area contributed by atoms with Gasteiger partial charge in [-0.1, -0.05) is 53.0 Å². The third-order valence-electron chi connectivity index (χ3n) is 4.54. The predicted octanol–water partition coefficient (Wildman–Crippen LogP) is 5.98. The van der Waals surface area contributed by atoms with Gasteiger partial charge in [0, 0.05) is 16.3 Å². The van der Waals surface area contributed by atoms with Crippen LogP contribution < -0.4 is 5.32 Å². The summed E-state index contributed by atoms with van der Waals surface area (Å²) in [4.78, 5) is 37.2. The molecule has 3 rings (SSSR count). The normalized spacial score (nSPS) is 11.5. The Morgan fingerprint density at radius 1 is 0.871 bits per heavy atom. The minimum Gasteiger partial charge on any atom is -0.451 e. The number of nitrogens with one attached hydrogen (secondary N) is 1. The number of anilines is 1. The summed E-state index contributed by atoms with van der Waals surface area (Å²) >= 11 is 11.9. The zero-order valence-corrected chi connectivity index (χ0v) is 18.3. The Morgan fingerprint density at radius 2 is 1.48 bits per heavy atom. The summed E-state index contributed by atoms with van der Waals surface area (Å²) in [7, 11) is 0. The molecule has 3 aromatic carbocycles. The van der Waals surface area contributed by atoms with Crippen LogP contribution in [0.25, 0.3) is 0 Å². The van der Waals surface area contributed by atoms with Gasteiger partial charge in [0.05, 0.1) is 16.1 Å².